The molecule has 6 nitrogen and oxygen atoms in total. The van der Waals surface area contributed by atoms with Crippen LogP contribution >= 0.6 is 22.6 Å². The molecule has 0 saturated heterocycles. The van der Waals surface area contributed by atoms with Crippen LogP contribution in [0.2, 0.25) is 0 Å². The van der Waals surface area contributed by atoms with Crippen LogP contribution in [-0.2, 0) is 4.79 Å². The molecule has 0 fully saturated rings. The number of rotatable bonds is 3. The molecule has 0 aliphatic carbocycles. The van der Waals surface area contributed by atoms with Gasteiger partial charge < -0.3 is 14.3 Å². The molecule has 0 saturated carbocycles. The van der Waals surface area contributed by atoms with E-state index in [1.54, 1.807) is 13.8 Å². The molecule has 21 heavy (non-hydrogen) atoms. The third-order valence-corrected chi connectivity index (χ3v) is 3.07. The highest BCUT2D eigenvalue weighted by Gasteiger charge is 2.26. The van der Waals surface area contributed by atoms with Crippen LogP contribution in [0.15, 0.2) is 33.5 Å². The lowest BCUT2D eigenvalue weighted by molar-refractivity contribution is -0.135. The second kappa shape index (κ2) is 5.47. The van der Waals surface area contributed by atoms with Crippen molar-refractivity contribution in [2.45, 2.75) is 17.3 Å². The number of ether oxygens (including phenoxy) is 1. The molecular weight excluding hydrogens is 391 g/mol. The maximum atomic E-state index is 11.8. The summed E-state index contributed by atoms with van der Waals surface area (Å²) in [6.45, 7) is 3.41. The van der Waals surface area contributed by atoms with Gasteiger partial charge in [-0.15, -0.1) is 0 Å². The molecule has 0 spiro atoms. The third-order valence-electron chi connectivity index (χ3n) is 2.63. The van der Waals surface area contributed by atoms with Crippen LogP contribution in [-0.4, -0.2) is 20.5 Å². The third kappa shape index (κ3) is 3.41. The smallest absolute Gasteiger partial charge is 0.351 e. The van der Waals surface area contributed by atoms with E-state index in [0.717, 1.165) is 0 Å². The van der Waals surface area contributed by atoms with Crippen LogP contribution in [0.3, 0.4) is 0 Å². The SMILES string of the molecule is CC(C)(I)C(=O)Oc1ccc2cc(C(=O)O)c(=O)oc2c1. The van der Waals surface area contributed by atoms with Gasteiger partial charge in [-0.05, 0) is 32.0 Å². The molecule has 0 unspecified atom stereocenters. The van der Waals surface area contributed by atoms with E-state index < -0.39 is 26.5 Å². The second-order valence-electron chi connectivity index (χ2n) is 4.81. The van der Waals surface area contributed by atoms with E-state index in [1.165, 1.54) is 24.3 Å². The highest BCUT2D eigenvalue weighted by atomic mass is 127. The van der Waals surface area contributed by atoms with Crippen LogP contribution in [0, 0.1) is 0 Å². The normalized spacial score (nSPS) is 11.4. The number of esters is 1. The number of carbonyl (C=O) groups is 2. The monoisotopic (exact) mass is 402 g/mol. The fourth-order valence-corrected chi connectivity index (χ4v) is 1.64. The van der Waals surface area contributed by atoms with Gasteiger partial charge in [-0.3, -0.25) is 4.79 Å². The predicted octanol–water partition coefficient (Wildman–Crippen LogP) is 2.61. The summed E-state index contributed by atoms with van der Waals surface area (Å²) in [5.74, 6) is -1.57. The summed E-state index contributed by atoms with van der Waals surface area (Å²) in [5, 5.41) is 9.29. The molecule has 0 atom stereocenters. The maximum Gasteiger partial charge on any atom is 0.351 e. The molecule has 0 radical (unpaired) electrons. The molecule has 110 valence electrons. The first-order valence-electron chi connectivity index (χ1n) is 5.91. The molecule has 1 heterocycles. The molecular formula is C14H11IO6. The number of alkyl halides is 1. The topological polar surface area (TPSA) is 93.8 Å². The Kier molecular flexibility index (Phi) is 4.04. The number of benzene rings is 1. The van der Waals surface area contributed by atoms with Crippen molar-refractivity contribution in [3.05, 3.63) is 40.2 Å². The van der Waals surface area contributed by atoms with Crippen LogP contribution in [0.5, 0.6) is 5.75 Å². The van der Waals surface area contributed by atoms with Gasteiger partial charge >= 0.3 is 17.6 Å². The van der Waals surface area contributed by atoms with E-state index in [-0.39, 0.29) is 11.3 Å². The quantitative estimate of drug-likeness (QED) is 0.279. The molecule has 1 aromatic carbocycles. The fraction of sp³-hybridized carbons (Fsp3) is 0.214. The van der Waals surface area contributed by atoms with Gasteiger partial charge in [0.2, 0.25) is 0 Å². The van der Waals surface area contributed by atoms with Crippen LogP contribution < -0.4 is 10.4 Å². The Balaban J connectivity index is 2.44. The number of halogens is 1. The molecule has 0 amide bonds. The molecule has 0 aliphatic heterocycles. The van der Waals surface area contributed by atoms with Crippen LogP contribution in [0.1, 0.15) is 24.2 Å². The molecule has 2 aromatic rings. The van der Waals surface area contributed by atoms with Crippen molar-refractivity contribution < 1.29 is 23.8 Å². The van der Waals surface area contributed by atoms with Crippen LogP contribution in [0.25, 0.3) is 11.0 Å². The van der Waals surface area contributed by atoms with E-state index in [1.807, 2.05) is 22.6 Å². The van der Waals surface area contributed by atoms with Gasteiger partial charge in [0.1, 0.15) is 20.3 Å². The lowest BCUT2D eigenvalue weighted by Crippen LogP contribution is -2.28. The van der Waals surface area contributed by atoms with Gasteiger partial charge in [0, 0.05) is 11.5 Å². The highest BCUT2D eigenvalue weighted by molar-refractivity contribution is 14.1. The number of carboxylic acid groups (broad SMARTS) is 1. The number of hydrogen-bond donors (Lipinski definition) is 1. The number of carbonyl (C=O) groups excluding carboxylic acids is 1. The number of aromatic carboxylic acids is 1. The molecule has 0 aliphatic rings. The predicted molar refractivity (Wildman–Crippen MR) is 83.2 cm³/mol. The largest absolute Gasteiger partial charge is 0.477 e. The Labute approximate surface area is 132 Å². The Bertz CT molecular complexity index is 784. The zero-order chi connectivity index (χ0) is 15.8. The number of fused-ring (bicyclic) bond motifs is 1. The first kappa shape index (κ1) is 15.5. The van der Waals surface area contributed by atoms with Crippen molar-refractivity contribution in [3.63, 3.8) is 0 Å². The van der Waals surface area contributed by atoms with Gasteiger partial charge in [-0.2, -0.15) is 0 Å². The summed E-state index contributed by atoms with van der Waals surface area (Å²) in [7, 11) is 0. The molecule has 2 rings (SSSR count). The minimum atomic E-state index is -1.35. The van der Waals surface area contributed by atoms with E-state index in [0.29, 0.717) is 5.39 Å². The molecule has 1 N–H and O–H groups in total. The highest BCUT2D eigenvalue weighted by Crippen LogP contribution is 2.24. The molecule has 0 bridgehead atoms. The van der Waals surface area contributed by atoms with Gasteiger partial charge in [-0.1, -0.05) is 22.6 Å². The van der Waals surface area contributed by atoms with E-state index in [4.69, 9.17) is 14.3 Å². The Morgan fingerprint density at radius 1 is 1.29 bits per heavy atom. The summed E-state index contributed by atoms with van der Waals surface area (Å²) in [4.78, 5) is 34.1. The Morgan fingerprint density at radius 3 is 2.52 bits per heavy atom. The summed E-state index contributed by atoms with van der Waals surface area (Å²) >= 11 is 1.95. The van der Waals surface area contributed by atoms with Crippen molar-refractivity contribution in [1.82, 2.24) is 0 Å². The van der Waals surface area contributed by atoms with Crippen molar-refractivity contribution in [3.8, 4) is 5.75 Å². The zero-order valence-corrected chi connectivity index (χ0v) is 13.3. The molecule has 1 aromatic heterocycles. The van der Waals surface area contributed by atoms with Crippen molar-refractivity contribution >= 4 is 45.5 Å². The Morgan fingerprint density at radius 2 is 1.95 bits per heavy atom. The van der Waals surface area contributed by atoms with Crippen molar-refractivity contribution in [2.24, 2.45) is 0 Å². The van der Waals surface area contributed by atoms with Gasteiger partial charge in [-0.25, -0.2) is 9.59 Å². The molecule has 7 heteroatoms. The first-order chi connectivity index (χ1) is 9.68. The zero-order valence-electron chi connectivity index (χ0n) is 11.2. The van der Waals surface area contributed by atoms with Gasteiger partial charge in [0.05, 0.1) is 0 Å². The maximum absolute atomic E-state index is 11.8. The first-order valence-corrected chi connectivity index (χ1v) is 6.99. The average Bonchev–Trinajstić information content (AvgIpc) is 2.36. The van der Waals surface area contributed by atoms with Crippen molar-refractivity contribution in [2.75, 3.05) is 0 Å². The van der Waals surface area contributed by atoms with Gasteiger partial charge in [0.25, 0.3) is 0 Å². The van der Waals surface area contributed by atoms with Gasteiger partial charge in [0.15, 0.2) is 0 Å². The summed E-state index contributed by atoms with van der Waals surface area (Å²) in [5.41, 5.74) is -1.24. The number of hydrogen-bond acceptors (Lipinski definition) is 5. The standard InChI is InChI=1S/C14H11IO6/c1-14(2,15)13(19)20-8-4-3-7-5-9(11(16)17)12(18)21-10(7)6-8/h3-6H,1-2H3,(H,16,17). The average molecular weight is 402 g/mol. The summed E-state index contributed by atoms with van der Waals surface area (Å²) in [6, 6.07) is 5.63. The minimum absolute atomic E-state index is 0.154. The van der Waals surface area contributed by atoms with Crippen LogP contribution in [0.4, 0.5) is 0 Å². The summed E-state index contributed by atoms with van der Waals surface area (Å²) in [6.07, 6.45) is 0. The Hall–Kier alpha value is -1.90. The fourth-order valence-electron chi connectivity index (χ4n) is 1.53. The van der Waals surface area contributed by atoms with E-state index in [9.17, 15) is 14.4 Å². The van der Waals surface area contributed by atoms with E-state index in [2.05, 4.69) is 0 Å². The van der Waals surface area contributed by atoms with Crippen molar-refractivity contribution in [1.29, 1.82) is 0 Å². The lowest BCUT2D eigenvalue weighted by Gasteiger charge is -2.14. The number of carboxylic acids is 1. The summed E-state index contributed by atoms with van der Waals surface area (Å²) < 4.78 is 9.42. The second-order valence-corrected chi connectivity index (χ2v) is 7.51. The minimum Gasteiger partial charge on any atom is -0.477 e. The van der Waals surface area contributed by atoms with E-state index >= 15 is 0 Å². The lowest BCUT2D eigenvalue weighted by atomic mass is 10.2.